The van der Waals surface area contributed by atoms with Crippen molar-refractivity contribution in [1.29, 1.82) is 0 Å². The molecule has 1 heterocycles. The van der Waals surface area contributed by atoms with Crippen molar-refractivity contribution in [3.63, 3.8) is 0 Å². The number of aryl methyl sites for hydroxylation is 1. The minimum atomic E-state index is -3.62. The van der Waals surface area contributed by atoms with Crippen LogP contribution in [0.2, 0.25) is 0 Å². The molecule has 7 heteroatoms. The number of nitrogens with zero attached hydrogens (tertiary/aromatic N) is 1. The van der Waals surface area contributed by atoms with Crippen molar-refractivity contribution in [3.05, 3.63) is 93.5 Å². The molecule has 3 aromatic rings. The van der Waals surface area contributed by atoms with Gasteiger partial charge >= 0.3 is 0 Å². The van der Waals surface area contributed by atoms with Gasteiger partial charge in [0.25, 0.3) is 5.91 Å². The lowest BCUT2D eigenvalue weighted by Gasteiger charge is -2.28. The van der Waals surface area contributed by atoms with Gasteiger partial charge in [-0.3, -0.25) is 4.79 Å². The van der Waals surface area contributed by atoms with Crippen LogP contribution in [0.15, 0.2) is 76.1 Å². The van der Waals surface area contributed by atoms with E-state index >= 15 is 0 Å². The summed E-state index contributed by atoms with van der Waals surface area (Å²) in [4.78, 5) is 12.7. The summed E-state index contributed by atoms with van der Waals surface area (Å²) in [6, 6.07) is 19.6. The molecule has 0 unspecified atom stereocenters. The van der Waals surface area contributed by atoms with E-state index in [-0.39, 0.29) is 10.8 Å². The van der Waals surface area contributed by atoms with Crippen LogP contribution < -0.4 is 5.32 Å². The van der Waals surface area contributed by atoms with Crippen LogP contribution in [0.1, 0.15) is 27.0 Å². The third-order valence-electron chi connectivity index (χ3n) is 5.22. The highest BCUT2D eigenvalue weighted by Crippen LogP contribution is 2.26. The summed E-state index contributed by atoms with van der Waals surface area (Å²) in [6.45, 7) is 2.78. The van der Waals surface area contributed by atoms with Crippen molar-refractivity contribution < 1.29 is 13.2 Å². The second-order valence-electron chi connectivity index (χ2n) is 7.32. The SMILES string of the molecule is Cc1ccc(NC(=O)c2ccc(S(=O)(=O)N3CCc4ccccc4C3)cc2)c(Br)c1. The molecule has 30 heavy (non-hydrogen) atoms. The molecule has 3 aromatic carbocycles. The second-order valence-corrected chi connectivity index (χ2v) is 10.1. The highest BCUT2D eigenvalue weighted by atomic mass is 79.9. The first-order chi connectivity index (χ1) is 14.3. The molecule has 0 atom stereocenters. The van der Waals surface area contributed by atoms with Crippen molar-refractivity contribution in [3.8, 4) is 0 Å². The van der Waals surface area contributed by atoms with Gasteiger partial charge in [-0.25, -0.2) is 8.42 Å². The Morgan fingerprint density at radius 2 is 1.70 bits per heavy atom. The Kier molecular flexibility index (Phi) is 5.77. The maximum Gasteiger partial charge on any atom is 0.255 e. The van der Waals surface area contributed by atoms with E-state index in [1.54, 1.807) is 12.1 Å². The molecular formula is C23H21BrN2O3S. The molecule has 0 aromatic heterocycles. The average Bonchev–Trinajstić information content (AvgIpc) is 2.75. The topological polar surface area (TPSA) is 66.5 Å². The van der Waals surface area contributed by atoms with Crippen LogP contribution in [-0.2, 0) is 23.0 Å². The standard InChI is InChI=1S/C23H21BrN2O3S/c1-16-6-11-22(21(24)14-16)25-23(27)18-7-9-20(10-8-18)30(28,29)26-13-12-17-4-2-3-5-19(17)15-26/h2-11,14H,12-13,15H2,1H3,(H,25,27). The summed E-state index contributed by atoms with van der Waals surface area (Å²) >= 11 is 3.44. The summed E-state index contributed by atoms with van der Waals surface area (Å²) in [5, 5.41) is 2.84. The first kappa shape index (κ1) is 20.8. The maximum absolute atomic E-state index is 13.1. The predicted octanol–water partition coefficient (Wildman–Crippen LogP) is 4.76. The number of hydrogen-bond acceptors (Lipinski definition) is 3. The third-order valence-corrected chi connectivity index (χ3v) is 7.74. The minimum absolute atomic E-state index is 0.190. The van der Waals surface area contributed by atoms with Crippen LogP contribution in [0, 0.1) is 6.92 Å². The second kappa shape index (κ2) is 8.34. The number of amides is 1. The van der Waals surface area contributed by atoms with E-state index in [0.29, 0.717) is 30.8 Å². The first-order valence-corrected chi connectivity index (χ1v) is 11.8. The lowest BCUT2D eigenvalue weighted by Crippen LogP contribution is -2.35. The number of rotatable bonds is 4. The van der Waals surface area contributed by atoms with E-state index in [1.807, 2.05) is 49.4 Å². The van der Waals surface area contributed by atoms with Gasteiger partial charge < -0.3 is 5.32 Å². The molecule has 0 saturated carbocycles. The highest BCUT2D eigenvalue weighted by Gasteiger charge is 2.28. The first-order valence-electron chi connectivity index (χ1n) is 9.59. The number of halogens is 1. The molecule has 1 aliphatic rings. The minimum Gasteiger partial charge on any atom is -0.321 e. The molecule has 0 fully saturated rings. The molecule has 0 spiro atoms. The van der Waals surface area contributed by atoms with E-state index < -0.39 is 10.0 Å². The molecule has 0 radical (unpaired) electrons. The van der Waals surface area contributed by atoms with Crippen molar-refractivity contribution in [2.45, 2.75) is 24.8 Å². The number of carbonyl (C=O) groups excluding carboxylic acids is 1. The predicted molar refractivity (Wildman–Crippen MR) is 121 cm³/mol. The molecule has 154 valence electrons. The summed E-state index contributed by atoms with van der Waals surface area (Å²) in [5.41, 5.74) is 4.36. The van der Waals surface area contributed by atoms with Gasteiger partial charge in [-0.15, -0.1) is 0 Å². The average molecular weight is 485 g/mol. The van der Waals surface area contributed by atoms with Crippen LogP contribution in [0.4, 0.5) is 5.69 Å². The number of hydrogen-bond donors (Lipinski definition) is 1. The fourth-order valence-electron chi connectivity index (χ4n) is 3.52. The lowest BCUT2D eigenvalue weighted by molar-refractivity contribution is 0.102. The van der Waals surface area contributed by atoms with Gasteiger partial charge in [-0.1, -0.05) is 30.3 Å². The number of nitrogens with one attached hydrogen (secondary N) is 1. The molecule has 0 aliphatic carbocycles. The van der Waals surface area contributed by atoms with Crippen LogP contribution in [-0.4, -0.2) is 25.2 Å². The smallest absolute Gasteiger partial charge is 0.255 e. The Hall–Kier alpha value is -2.48. The van der Waals surface area contributed by atoms with E-state index in [0.717, 1.165) is 15.6 Å². The number of carbonyl (C=O) groups is 1. The Labute approximate surface area is 184 Å². The summed E-state index contributed by atoms with van der Waals surface area (Å²) in [6.07, 6.45) is 0.696. The number of fused-ring (bicyclic) bond motifs is 1. The molecule has 4 rings (SSSR count). The Balaban J connectivity index is 1.51. The molecule has 1 amide bonds. The maximum atomic E-state index is 13.1. The molecule has 1 aliphatic heterocycles. The quantitative estimate of drug-likeness (QED) is 0.580. The molecule has 5 nitrogen and oxygen atoms in total. The fourth-order valence-corrected chi connectivity index (χ4v) is 5.53. The van der Waals surface area contributed by atoms with E-state index in [4.69, 9.17) is 0 Å². The Bertz CT molecular complexity index is 1210. The molecular weight excluding hydrogens is 464 g/mol. The van der Waals surface area contributed by atoms with Gasteiger partial charge in [0, 0.05) is 23.1 Å². The van der Waals surface area contributed by atoms with Gasteiger partial charge in [0.15, 0.2) is 0 Å². The number of sulfonamides is 1. The van der Waals surface area contributed by atoms with Crippen LogP contribution >= 0.6 is 15.9 Å². The summed E-state index contributed by atoms with van der Waals surface area (Å²) < 4.78 is 28.4. The van der Waals surface area contributed by atoms with Crippen molar-refractivity contribution in [2.75, 3.05) is 11.9 Å². The largest absolute Gasteiger partial charge is 0.321 e. The highest BCUT2D eigenvalue weighted by molar-refractivity contribution is 9.10. The van der Waals surface area contributed by atoms with Crippen LogP contribution in [0.25, 0.3) is 0 Å². The summed E-state index contributed by atoms with van der Waals surface area (Å²) in [5.74, 6) is -0.296. The summed E-state index contributed by atoms with van der Waals surface area (Å²) in [7, 11) is -3.62. The van der Waals surface area contributed by atoms with Gasteiger partial charge in [0.1, 0.15) is 0 Å². The van der Waals surface area contributed by atoms with Crippen molar-refractivity contribution >= 4 is 37.5 Å². The Morgan fingerprint density at radius 3 is 2.40 bits per heavy atom. The zero-order chi connectivity index (χ0) is 21.3. The monoisotopic (exact) mass is 484 g/mol. The number of benzene rings is 3. The van der Waals surface area contributed by atoms with E-state index in [1.165, 1.54) is 22.0 Å². The van der Waals surface area contributed by atoms with Crippen molar-refractivity contribution in [1.82, 2.24) is 4.31 Å². The lowest BCUT2D eigenvalue weighted by atomic mass is 10.0. The zero-order valence-electron chi connectivity index (χ0n) is 16.4. The van der Waals surface area contributed by atoms with Crippen LogP contribution in [0.5, 0.6) is 0 Å². The third kappa shape index (κ3) is 4.19. The van der Waals surface area contributed by atoms with Crippen molar-refractivity contribution in [2.24, 2.45) is 0 Å². The van der Waals surface area contributed by atoms with Crippen LogP contribution in [0.3, 0.4) is 0 Å². The zero-order valence-corrected chi connectivity index (χ0v) is 18.8. The van der Waals surface area contributed by atoms with Gasteiger partial charge in [0.05, 0.1) is 10.6 Å². The Morgan fingerprint density at radius 1 is 1.00 bits per heavy atom. The van der Waals surface area contributed by atoms with Gasteiger partial charge in [-0.05, 0) is 82.4 Å². The number of anilines is 1. The molecule has 0 saturated heterocycles. The van der Waals surface area contributed by atoms with E-state index in [9.17, 15) is 13.2 Å². The fraction of sp³-hybridized carbons (Fsp3) is 0.174. The van der Waals surface area contributed by atoms with E-state index in [2.05, 4.69) is 21.2 Å². The normalized spacial score (nSPS) is 14.2. The molecule has 0 bridgehead atoms. The van der Waals surface area contributed by atoms with Gasteiger partial charge in [0.2, 0.25) is 10.0 Å². The van der Waals surface area contributed by atoms with Gasteiger partial charge in [-0.2, -0.15) is 4.31 Å². The molecule has 1 N–H and O–H groups in total.